The molecule has 4 rings (SSSR count). The number of ether oxygens (including phenoxy) is 2. The summed E-state index contributed by atoms with van der Waals surface area (Å²) >= 11 is 1.75. The van der Waals surface area contributed by atoms with Crippen molar-refractivity contribution in [2.24, 2.45) is 0 Å². The van der Waals surface area contributed by atoms with Gasteiger partial charge in [-0.05, 0) is 25.8 Å². The maximum absolute atomic E-state index is 6.08. The maximum atomic E-state index is 6.08. The first-order valence-electron chi connectivity index (χ1n) is 8.13. The van der Waals surface area contributed by atoms with Gasteiger partial charge in [0.15, 0.2) is 0 Å². The average molecular weight is 331 g/mol. The van der Waals surface area contributed by atoms with E-state index in [1.165, 1.54) is 4.88 Å². The molecule has 0 amide bonds. The van der Waals surface area contributed by atoms with Crippen molar-refractivity contribution in [2.75, 3.05) is 13.2 Å². The molecule has 1 saturated heterocycles. The first-order chi connectivity index (χ1) is 11.3. The molecule has 3 atom stereocenters. The topological polar surface area (TPSA) is 47.5 Å². The van der Waals surface area contributed by atoms with E-state index in [1.54, 1.807) is 17.5 Å². The zero-order valence-electron chi connectivity index (χ0n) is 13.2. The van der Waals surface area contributed by atoms with E-state index >= 15 is 0 Å². The lowest BCUT2D eigenvalue weighted by molar-refractivity contribution is -0.0920. The fraction of sp³-hybridized carbons (Fsp3) is 0.529. The molecule has 1 aliphatic heterocycles. The summed E-state index contributed by atoms with van der Waals surface area (Å²) in [5, 5.41) is 0. The van der Waals surface area contributed by atoms with Crippen LogP contribution in [0.25, 0.3) is 0 Å². The van der Waals surface area contributed by atoms with Crippen molar-refractivity contribution in [1.29, 1.82) is 0 Å². The third-order valence-electron chi connectivity index (χ3n) is 4.75. The Kier molecular flexibility index (Phi) is 4.29. The molecule has 2 fully saturated rings. The molecule has 1 aliphatic carbocycles. The Morgan fingerprint density at radius 2 is 2.30 bits per heavy atom. The molecule has 0 radical (unpaired) electrons. The molecule has 6 heteroatoms. The lowest BCUT2D eigenvalue weighted by atomic mass is 10.1. The standard InChI is InChI=1S/C17H21N3O2S/c1-12-15(23-11-19-12)10-20-8-9-21-17-13(20)5-6-14(17)22-16-4-2-3-7-18-16/h2-4,7,11,13-14,17H,5-6,8-10H2,1H3/t13-,14+,17+/m0/s1. The summed E-state index contributed by atoms with van der Waals surface area (Å²) in [6.45, 7) is 4.80. The van der Waals surface area contributed by atoms with Crippen LogP contribution in [0.2, 0.25) is 0 Å². The lowest BCUT2D eigenvalue weighted by Gasteiger charge is -2.38. The van der Waals surface area contributed by atoms with Crippen LogP contribution < -0.4 is 4.74 Å². The molecule has 0 unspecified atom stereocenters. The summed E-state index contributed by atoms with van der Waals surface area (Å²) in [6, 6.07) is 6.20. The van der Waals surface area contributed by atoms with Crippen LogP contribution in [-0.2, 0) is 11.3 Å². The average Bonchev–Trinajstić information content (AvgIpc) is 3.16. The molecular weight excluding hydrogens is 310 g/mol. The highest BCUT2D eigenvalue weighted by Gasteiger charge is 2.44. The Hall–Kier alpha value is -1.50. The number of aryl methyl sites for hydroxylation is 1. The van der Waals surface area contributed by atoms with Gasteiger partial charge in [-0.25, -0.2) is 9.97 Å². The molecule has 122 valence electrons. The molecule has 23 heavy (non-hydrogen) atoms. The quantitative estimate of drug-likeness (QED) is 0.862. The van der Waals surface area contributed by atoms with Gasteiger partial charge in [0.1, 0.15) is 12.2 Å². The summed E-state index contributed by atoms with van der Waals surface area (Å²) < 4.78 is 12.1. The second-order valence-corrected chi connectivity index (χ2v) is 7.08. The summed E-state index contributed by atoms with van der Waals surface area (Å²) in [4.78, 5) is 12.5. The van der Waals surface area contributed by atoms with E-state index in [1.807, 2.05) is 23.7 Å². The zero-order chi connectivity index (χ0) is 15.6. The first-order valence-corrected chi connectivity index (χ1v) is 9.01. The predicted molar refractivity (Wildman–Crippen MR) is 88.7 cm³/mol. The van der Waals surface area contributed by atoms with Crippen molar-refractivity contribution in [1.82, 2.24) is 14.9 Å². The molecular formula is C17H21N3O2S. The summed E-state index contributed by atoms with van der Waals surface area (Å²) in [7, 11) is 0. The Balaban J connectivity index is 1.45. The van der Waals surface area contributed by atoms with Crippen LogP contribution in [0.4, 0.5) is 0 Å². The van der Waals surface area contributed by atoms with Crippen LogP contribution in [0.15, 0.2) is 29.9 Å². The van der Waals surface area contributed by atoms with Crippen LogP contribution in [-0.4, -0.2) is 46.3 Å². The molecule has 0 aromatic carbocycles. The minimum Gasteiger partial charge on any atom is -0.472 e. The molecule has 2 aromatic heterocycles. The Morgan fingerprint density at radius 1 is 1.35 bits per heavy atom. The van der Waals surface area contributed by atoms with E-state index in [4.69, 9.17) is 9.47 Å². The van der Waals surface area contributed by atoms with Gasteiger partial charge in [-0.3, -0.25) is 4.90 Å². The van der Waals surface area contributed by atoms with Crippen LogP contribution in [0.5, 0.6) is 5.88 Å². The largest absolute Gasteiger partial charge is 0.472 e. The monoisotopic (exact) mass is 331 g/mol. The van der Waals surface area contributed by atoms with Gasteiger partial charge in [0.05, 0.1) is 17.8 Å². The number of hydrogen-bond donors (Lipinski definition) is 0. The summed E-state index contributed by atoms with van der Waals surface area (Å²) in [5.41, 5.74) is 3.09. The van der Waals surface area contributed by atoms with E-state index in [2.05, 4.69) is 21.8 Å². The third-order valence-corrected chi connectivity index (χ3v) is 5.67. The van der Waals surface area contributed by atoms with Gasteiger partial charge in [-0.2, -0.15) is 0 Å². The van der Waals surface area contributed by atoms with Gasteiger partial charge in [-0.15, -0.1) is 11.3 Å². The van der Waals surface area contributed by atoms with Crippen molar-refractivity contribution in [2.45, 2.75) is 44.6 Å². The molecule has 2 aliphatic rings. The molecule has 1 saturated carbocycles. The number of morpholine rings is 1. The summed E-state index contributed by atoms with van der Waals surface area (Å²) in [6.07, 6.45) is 4.13. The zero-order valence-corrected chi connectivity index (χ0v) is 14.0. The number of fused-ring (bicyclic) bond motifs is 1. The minimum atomic E-state index is 0.0975. The number of hydrogen-bond acceptors (Lipinski definition) is 6. The maximum Gasteiger partial charge on any atom is 0.213 e. The fourth-order valence-corrected chi connectivity index (χ4v) is 4.35. The summed E-state index contributed by atoms with van der Waals surface area (Å²) in [5.74, 6) is 0.692. The molecule has 0 N–H and O–H groups in total. The van der Waals surface area contributed by atoms with Crippen molar-refractivity contribution in [3.05, 3.63) is 40.5 Å². The smallest absolute Gasteiger partial charge is 0.213 e. The number of aromatic nitrogens is 2. The molecule has 3 heterocycles. The normalized spacial score (nSPS) is 27.8. The van der Waals surface area contributed by atoms with Crippen molar-refractivity contribution >= 4 is 11.3 Å². The van der Waals surface area contributed by atoms with Crippen LogP contribution in [0.3, 0.4) is 0 Å². The number of nitrogens with zero attached hydrogens (tertiary/aromatic N) is 3. The lowest BCUT2D eigenvalue weighted by Crippen LogP contribution is -2.51. The Morgan fingerprint density at radius 3 is 3.09 bits per heavy atom. The van der Waals surface area contributed by atoms with Crippen LogP contribution in [0.1, 0.15) is 23.4 Å². The molecule has 2 aromatic rings. The predicted octanol–water partition coefficient (Wildman–Crippen LogP) is 2.66. The highest BCUT2D eigenvalue weighted by Crippen LogP contribution is 2.34. The van der Waals surface area contributed by atoms with Gasteiger partial charge in [0.25, 0.3) is 0 Å². The third kappa shape index (κ3) is 3.11. The highest BCUT2D eigenvalue weighted by molar-refractivity contribution is 7.09. The van der Waals surface area contributed by atoms with E-state index in [0.717, 1.165) is 38.2 Å². The van der Waals surface area contributed by atoms with Gasteiger partial charge in [0.2, 0.25) is 5.88 Å². The van der Waals surface area contributed by atoms with E-state index in [9.17, 15) is 0 Å². The van der Waals surface area contributed by atoms with Gasteiger partial charge in [0, 0.05) is 36.3 Å². The van der Waals surface area contributed by atoms with Crippen molar-refractivity contribution < 1.29 is 9.47 Å². The molecule has 0 bridgehead atoms. The van der Waals surface area contributed by atoms with E-state index in [-0.39, 0.29) is 12.2 Å². The second kappa shape index (κ2) is 6.55. The highest BCUT2D eigenvalue weighted by atomic mass is 32.1. The van der Waals surface area contributed by atoms with Crippen LogP contribution >= 0.6 is 11.3 Å². The molecule has 0 spiro atoms. The number of rotatable bonds is 4. The first kappa shape index (κ1) is 15.1. The van der Waals surface area contributed by atoms with Crippen molar-refractivity contribution in [3.63, 3.8) is 0 Å². The van der Waals surface area contributed by atoms with E-state index < -0.39 is 0 Å². The Bertz CT molecular complexity index is 648. The number of pyridine rings is 1. The van der Waals surface area contributed by atoms with Crippen LogP contribution in [0, 0.1) is 6.92 Å². The van der Waals surface area contributed by atoms with Crippen molar-refractivity contribution in [3.8, 4) is 5.88 Å². The second-order valence-electron chi connectivity index (χ2n) is 6.14. The fourth-order valence-electron chi connectivity index (χ4n) is 3.55. The van der Waals surface area contributed by atoms with Gasteiger partial charge < -0.3 is 9.47 Å². The van der Waals surface area contributed by atoms with Gasteiger partial charge in [-0.1, -0.05) is 6.07 Å². The number of thiazole rings is 1. The minimum absolute atomic E-state index is 0.0975. The SMILES string of the molecule is Cc1ncsc1CN1CCO[C@H]2[C@H](Oc3ccccn3)CC[C@@H]21. The molecule has 5 nitrogen and oxygen atoms in total. The Labute approximate surface area is 140 Å². The van der Waals surface area contributed by atoms with Gasteiger partial charge >= 0.3 is 0 Å². The van der Waals surface area contributed by atoms with E-state index in [0.29, 0.717) is 11.9 Å².